The predicted octanol–water partition coefficient (Wildman–Crippen LogP) is 2.74. The number of carbonyl (C=O) groups excluding carboxylic acids is 1. The lowest BCUT2D eigenvalue weighted by Crippen LogP contribution is -1.94. The number of hydrogen-bond donors (Lipinski definition) is 0. The number of ketones is 1. The number of rotatable bonds is 4. The molecule has 4 rings (SSSR count). The van der Waals surface area contributed by atoms with Crippen LogP contribution in [0.2, 0.25) is 0 Å². The van der Waals surface area contributed by atoms with Crippen molar-refractivity contribution in [1.82, 2.24) is 29.9 Å². The van der Waals surface area contributed by atoms with E-state index in [1.165, 1.54) is 35.3 Å². The maximum Gasteiger partial charge on any atom is 0.216 e. The first kappa shape index (κ1) is 14.7. The van der Waals surface area contributed by atoms with Crippen LogP contribution in [0.3, 0.4) is 0 Å². The smallest absolute Gasteiger partial charge is 0.216 e. The van der Waals surface area contributed by atoms with Gasteiger partial charge < -0.3 is 0 Å². The molecule has 116 valence electrons. The van der Waals surface area contributed by atoms with Crippen molar-refractivity contribution in [3.63, 3.8) is 0 Å². The van der Waals surface area contributed by atoms with Crippen LogP contribution in [0.5, 0.6) is 0 Å². The van der Waals surface area contributed by atoms with Crippen molar-refractivity contribution in [3.8, 4) is 21.4 Å². The van der Waals surface area contributed by atoms with E-state index in [2.05, 4.69) is 29.9 Å². The second-order valence-electron chi connectivity index (χ2n) is 4.58. The lowest BCUT2D eigenvalue weighted by atomic mass is 10.3. The molecule has 4 aromatic heterocycles. The van der Waals surface area contributed by atoms with Gasteiger partial charge in [0, 0.05) is 24.8 Å². The average molecular weight is 352 g/mol. The van der Waals surface area contributed by atoms with E-state index in [0.717, 1.165) is 0 Å². The van der Waals surface area contributed by atoms with E-state index >= 15 is 0 Å². The van der Waals surface area contributed by atoms with Crippen molar-refractivity contribution in [3.05, 3.63) is 59.3 Å². The molecule has 0 spiro atoms. The molecule has 0 unspecified atom stereocenters. The zero-order valence-corrected chi connectivity index (χ0v) is 13.7. The summed E-state index contributed by atoms with van der Waals surface area (Å²) >= 11 is 2.59. The van der Waals surface area contributed by atoms with E-state index in [1.54, 1.807) is 36.9 Å². The van der Waals surface area contributed by atoms with Gasteiger partial charge in [-0.3, -0.25) is 4.79 Å². The van der Waals surface area contributed by atoms with Crippen molar-refractivity contribution >= 4 is 28.5 Å². The molecule has 0 saturated carbocycles. The molecule has 0 radical (unpaired) electrons. The summed E-state index contributed by atoms with van der Waals surface area (Å²) in [5.74, 6) is -0.106. The first-order valence-corrected chi connectivity index (χ1v) is 8.43. The van der Waals surface area contributed by atoms with E-state index in [1.807, 2.05) is 0 Å². The van der Waals surface area contributed by atoms with Crippen LogP contribution in [0.25, 0.3) is 21.4 Å². The van der Waals surface area contributed by atoms with Crippen LogP contribution in [0.4, 0.5) is 0 Å². The molecule has 0 aliphatic carbocycles. The zero-order valence-electron chi connectivity index (χ0n) is 12.0. The van der Waals surface area contributed by atoms with Crippen LogP contribution in [-0.2, 0) is 0 Å². The maximum absolute atomic E-state index is 12.6. The number of carbonyl (C=O) groups is 1. The van der Waals surface area contributed by atoms with Gasteiger partial charge in [-0.15, -0.1) is 22.7 Å². The monoisotopic (exact) mass is 352 g/mol. The molecule has 0 aliphatic rings. The van der Waals surface area contributed by atoms with Crippen molar-refractivity contribution < 1.29 is 4.79 Å². The molecular formula is C15H8N6OS2. The summed E-state index contributed by atoms with van der Waals surface area (Å²) in [5, 5.41) is 1.36. The Balaban J connectivity index is 1.61. The standard InChI is InChI=1S/C15H8N6OS2/c22-13(11-5-18-14(23-11)9-1-3-16-7-20-9)12-6-19-15(24-12)10-2-4-17-8-21-10/h1-8H. The van der Waals surface area contributed by atoms with Crippen LogP contribution in [0.15, 0.2) is 49.6 Å². The fourth-order valence-corrected chi connectivity index (χ4v) is 3.71. The van der Waals surface area contributed by atoms with Crippen LogP contribution >= 0.6 is 22.7 Å². The van der Waals surface area contributed by atoms with Crippen molar-refractivity contribution in [2.45, 2.75) is 0 Å². The minimum atomic E-state index is -0.106. The number of nitrogens with zero attached hydrogens (tertiary/aromatic N) is 6. The lowest BCUT2D eigenvalue weighted by Gasteiger charge is -1.93. The third-order valence-corrected chi connectivity index (χ3v) is 5.10. The number of hydrogen-bond acceptors (Lipinski definition) is 9. The van der Waals surface area contributed by atoms with Gasteiger partial charge in [0.2, 0.25) is 5.78 Å². The van der Waals surface area contributed by atoms with E-state index in [4.69, 9.17) is 0 Å². The Kier molecular flexibility index (Phi) is 3.85. The molecule has 0 bridgehead atoms. The van der Waals surface area contributed by atoms with Crippen LogP contribution in [-0.4, -0.2) is 35.7 Å². The maximum atomic E-state index is 12.6. The molecule has 0 aromatic carbocycles. The predicted molar refractivity (Wildman–Crippen MR) is 89.7 cm³/mol. The molecule has 4 aromatic rings. The fraction of sp³-hybridized carbons (Fsp3) is 0. The summed E-state index contributed by atoms with van der Waals surface area (Å²) in [7, 11) is 0. The number of thiazole rings is 2. The highest BCUT2D eigenvalue weighted by Gasteiger charge is 2.18. The molecule has 24 heavy (non-hydrogen) atoms. The van der Waals surface area contributed by atoms with Gasteiger partial charge >= 0.3 is 0 Å². The van der Waals surface area contributed by atoms with Gasteiger partial charge in [-0.05, 0) is 12.1 Å². The van der Waals surface area contributed by atoms with E-state index in [9.17, 15) is 4.79 Å². The van der Waals surface area contributed by atoms with Crippen molar-refractivity contribution in [2.24, 2.45) is 0 Å². The zero-order chi connectivity index (χ0) is 16.4. The molecular weight excluding hydrogens is 344 g/mol. The summed E-state index contributed by atoms with van der Waals surface area (Å²) in [6.45, 7) is 0. The van der Waals surface area contributed by atoms with E-state index < -0.39 is 0 Å². The summed E-state index contributed by atoms with van der Waals surface area (Å²) in [4.78, 5) is 38.3. The van der Waals surface area contributed by atoms with Gasteiger partial charge in [0.25, 0.3) is 0 Å². The van der Waals surface area contributed by atoms with Crippen LogP contribution in [0.1, 0.15) is 14.5 Å². The summed E-state index contributed by atoms with van der Waals surface area (Å²) in [5.41, 5.74) is 1.39. The largest absolute Gasteiger partial charge is 0.287 e. The quantitative estimate of drug-likeness (QED) is 0.521. The second kappa shape index (κ2) is 6.30. The van der Waals surface area contributed by atoms with E-state index in [0.29, 0.717) is 31.2 Å². The Bertz CT molecular complexity index is 904. The number of aromatic nitrogens is 6. The Labute approximate surface area is 144 Å². The Hall–Kier alpha value is -2.91. The van der Waals surface area contributed by atoms with Crippen LogP contribution < -0.4 is 0 Å². The topological polar surface area (TPSA) is 94.4 Å². The van der Waals surface area contributed by atoms with Gasteiger partial charge in [-0.25, -0.2) is 29.9 Å². The molecule has 7 nitrogen and oxygen atoms in total. The molecule has 0 N–H and O–H groups in total. The summed E-state index contributed by atoms with van der Waals surface area (Å²) in [6, 6.07) is 3.51. The Morgan fingerprint density at radius 2 is 1.25 bits per heavy atom. The molecule has 0 amide bonds. The SMILES string of the molecule is O=C(c1cnc(-c2ccncn2)s1)c1cnc(-c2ccncn2)s1. The third-order valence-electron chi connectivity index (χ3n) is 3.06. The molecule has 9 heteroatoms. The average Bonchev–Trinajstić information content (AvgIpc) is 3.33. The first-order valence-electron chi connectivity index (χ1n) is 6.80. The van der Waals surface area contributed by atoms with Crippen LogP contribution in [0, 0.1) is 0 Å². The lowest BCUT2D eigenvalue weighted by molar-refractivity contribution is 0.104. The minimum absolute atomic E-state index is 0.106. The van der Waals surface area contributed by atoms with Gasteiger partial charge in [0.15, 0.2) is 0 Å². The second-order valence-corrected chi connectivity index (χ2v) is 6.64. The summed E-state index contributed by atoms with van der Waals surface area (Å²) in [6.07, 6.45) is 9.32. The first-order chi connectivity index (χ1) is 11.8. The van der Waals surface area contributed by atoms with Crippen molar-refractivity contribution in [2.75, 3.05) is 0 Å². The fourth-order valence-electron chi connectivity index (χ4n) is 1.95. The molecule has 0 saturated heterocycles. The van der Waals surface area contributed by atoms with Gasteiger partial charge in [-0.2, -0.15) is 0 Å². The molecule has 4 heterocycles. The molecule has 0 fully saturated rings. The third kappa shape index (κ3) is 2.82. The Morgan fingerprint density at radius 3 is 1.67 bits per heavy atom. The highest BCUT2D eigenvalue weighted by molar-refractivity contribution is 7.20. The van der Waals surface area contributed by atoms with E-state index in [-0.39, 0.29) is 5.78 Å². The Morgan fingerprint density at radius 1 is 0.750 bits per heavy atom. The highest BCUT2D eigenvalue weighted by atomic mass is 32.1. The highest BCUT2D eigenvalue weighted by Crippen LogP contribution is 2.28. The normalized spacial score (nSPS) is 10.7. The van der Waals surface area contributed by atoms with Gasteiger partial charge in [0.1, 0.15) is 34.1 Å². The van der Waals surface area contributed by atoms with Gasteiger partial charge in [-0.1, -0.05) is 0 Å². The molecule has 0 aliphatic heterocycles. The van der Waals surface area contributed by atoms with Crippen molar-refractivity contribution in [1.29, 1.82) is 0 Å². The molecule has 0 atom stereocenters. The van der Waals surface area contributed by atoms with Gasteiger partial charge in [0.05, 0.1) is 9.75 Å². The minimum Gasteiger partial charge on any atom is -0.287 e. The summed E-state index contributed by atoms with van der Waals surface area (Å²) < 4.78 is 0.